The van der Waals surface area contributed by atoms with Gasteiger partial charge in [0.05, 0.1) is 23.4 Å². The van der Waals surface area contributed by atoms with Crippen LogP contribution in [0.25, 0.3) is 0 Å². The van der Waals surface area contributed by atoms with Crippen molar-refractivity contribution in [2.75, 3.05) is 18.1 Å². The number of alkyl halides is 1. The summed E-state index contributed by atoms with van der Waals surface area (Å²) in [5.41, 5.74) is 3.30. The van der Waals surface area contributed by atoms with Gasteiger partial charge in [-0.3, -0.25) is 9.69 Å². The minimum atomic E-state index is -0.636. The second-order valence-electron chi connectivity index (χ2n) is 9.00. The number of carbonyl (C=O) groups excluding carboxylic acids is 2. The molecule has 3 aliphatic rings. The zero-order chi connectivity index (χ0) is 23.0. The number of Topliss-reactive ketones (excluding diaryl/α,β-unsaturated/α-hetero) is 1. The van der Waals surface area contributed by atoms with Gasteiger partial charge in [-0.1, -0.05) is 24.3 Å². The number of nitrogens with one attached hydrogen (secondary N) is 1. The summed E-state index contributed by atoms with van der Waals surface area (Å²) in [6.07, 6.45) is 2.52. The van der Waals surface area contributed by atoms with Crippen molar-refractivity contribution in [3.8, 4) is 6.07 Å². The van der Waals surface area contributed by atoms with E-state index in [9.17, 15) is 14.0 Å². The van der Waals surface area contributed by atoms with Crippen molar-refractivity contribution in [1.29, 1.82) is 5.26 Å². The van der Waals surface area contributed by atoms with E-state index in [0.717, 1.165) is 18.4 Å². The average molecular weight is 445 g/mol. The molecule has 1 N–H and O–H groups in total. The van der Waals surface area contributed by atoms with E-state index < -0.39 is 12.7 Å². The number of ether oxygens (including phenoxy) is 1. The quantitative estimate of drug-likeness (QED) is 0.742. The maximum atomic E-state index is 13.6. The van der Waals surface area contributed by atoms with E-state index >= 15 is 0 Å². The number of hydrogen-bond donors (Lipinski definition) is 1. The highest BCUT2D eigenvalue weighted by atomic mass is 19.1. The van der Waals surface area contributed by atoms with Crippen molar-refractivity contribution in [2.45, 2.75) is 38.4 Å². The third-order valence-corrected chi connectivity index (χ3v) is 6.97. The number of rotatable bonds is 3. The Labute approximate surface area is 191 Å². The smallest absolute Gasteiger partial charge is 0.327 e. The molecule has 0 saturated carbocycles. The molecule has 1 atom stereocenters. The van der Waals surface area contributed by atoms with Gasteiger partial charge in [0.1, 0.15) is 6.67 Å². The molecule has 5 rings (SSSR count). The number of urea groups is 1. The van der Waals surface area contributed by atoms with Gasteiger partial charge in [0.15, 0.2) is 5.78 Å². The lowest BCUT2D eigenvalue weighted by molar-refractivity contribution is -0.121. The largest absolute Gasteiger partial charge is 0.381 e. The number of carbonyl (C=O) groups is 2. The third-order valence-electron chi connectivity index (χ3n) is 6.97. The first-order valence-corrected chi connectivity index (χ1v) is 11.1. The fourth-order valence-electron chi connectivity index (χ4n) is 5.23. The van der Waals surface area contributed by atoms with E-state index in [-0.39, 0.29) is 17.2 Å². The summed E-state index contributed by atoms with van der Waals surface area (Å²) >= 11 is 0. The molecule has 168 valence electrons. The number of nitrogens with zero attached hydrogens (tertiary/aromatic N) is 2. The molecular weight excluding hydrogens is 421 g/mol. The molecular formula is C26H24FN3O3. The maximum absolute atomic E-state index is 13.6. The van der Waals surface area contributed by atoms with E-state index in [2.05, 4.69) is 11.4 Å². The molecule has 0 radical (unpaired) electrons. The third kappa shape index (κ3) is 3.81. The van der Waals surface area contributed by atoms with E-state index in [1.54, 1.807) is 53.4 Å². The van der Waals surface area contributed by atoms with Crippen LogP contribution < -0.4 is 10.2 Å². The van der Waals surface area contributed by atoms with Crippen molar-refractivity contribution in [3.63, 3.8) is 0 Å². The summed E-state index contributed by atoms with van der Waals surface area (Å²) in [5.74, 6) is 0.0131. The number of nitriles is 1. The number of benzene rings is 2. The van der Waals surface area contributed by atoms with Crippen molar-refractivity contribution in [2.24, 2.45) is 5.41 Å². The van der Waals surface area contributed by atoms with Crippen LogP contribution in [0.2, 0.25) is 0 Å². The lowest BCUT2D eigenvalue weighted by Crippen LogP contribution is -2.52. The minimum Gasteiger partial charge on any atom is -0.381 e. The molecule has 6 nitrogen and oxygen atoms in total. The Kier molecular flexibility index (Phi) is 5.47. The van der Waals surface area contributed by atoms with Crippen LogP contribution in [0.1, 0.15) is 48.4 Å². The van der Waals surface area contributed by atoms with Crippen molar-refractivity contribution in [1.82, 2.24) is 5.32 Å². The molecule has 7 heteroatoms. The molecule has 1 fully saturated rings. The Morgan fingerprint density at radius 3 is 2.58 bits per heavy atom. The standard InChI is InChI=1S/C26H24FN3O3/c27-15-18-2-1-3-20(12-18)30-21-13-26(8-10-33-11-9-26)14-22(31)23(21)24(29-25(30)32)19-6-4-17(16-28)5-7-19/h1-7,12,24H,8-11,13-15H2,(H,29,32). The van der Waals surface area contributed by atoms with E-state index in [4.69, 9.17) is 10.00 Å². The SMILES string of the molecule is N#Cc1ccc(C2NC(=O)N(c3cccc(CF)c3)C3=C2C(=O)CC2(CCOCC2)C3)cc1. The van der Waals surface area contributed by atoms with Crippen LogP contribution in [0.15, 0.2) is 59.8 Å². The van der Waals surface area contributed by atoms with Gasteiger partial charge in [-0.15, -0.1) is 0 Å². The number of ketones is 1. The van der Waals surface area contributed by atoms with Crippen LogP contribution in [0.5, 0.6) is 0 Å². The number of halogens is 1. The molecule has 2 aromatic rings. The van der Waals surface area contributed by atoms with E-state index in [1.807, 2.05) is 0 Å². The molecule has 33 heavy (non-hydrogen) atoms. The Bertz CT molecular complexity index is 1180. The van der Waals surface area contributed by atoms with Crippen molar-refractivity contribution < 1.29 is 18.7 Å². The first-order chi connectivity index (χ1) is 16.0. The summed E-state index contributed by atoms with van der Waals surface area (Å²) < 4.78 is 18.9. The molecule has 2 aromatic carbocycles. The van der Waals surface area contributed by atoms with Gasteiger partial charge >= 0.3 is 6.03 Å². The summed E-state index contributed by atoms with van der Waals surface area (Å²) in [6, 6.07) is 14.9. The van der Waals surface area contributed by atoms with Gasteiger partial charge in [0.2, 0.25) is 0 Å². The fraction of sp³-hybridized carbons (Fsp3) is 0.346. The minimum absolute atomic E-state index is 0.0131. The first kappa shape index (κ1) is 21.4. The van der Waals surface area contributed by atoms with Crippen LogP contribution in [-0.2, 0) is 16.2 Å². The van der Waals surface area contributed by atoms with Gasteiger partial charge in [-0.25, -0.2) is 9.18 Å². The summed E-state index contributed by atoms with van der Waals surface area (Å²) in [5, 5.41) is 12.1. The molecule has 1 unspecified atom stereocenters. The molecule has 1 saturated heterocycles. The van der Waals surface area contributed by atoms with Gasteiger partial charge in [0, 0.05) is 30.9 Å². The van der Waals surface area contributed by atoms with Crippen molar-refractivity contribution in [3.05, 3.63) is 76.5 Å². The zero-order valence-electron chi connectivity index (χ0n) is 18.1. The second-order valence-corrected chi connectivity index (χ2v) is 9.00. The average Bonchev–Trinajstić information content (AvgIpc) is 2.84. The molecule has 2 heterocycles. The number of amides is 2. The highest BCUT2D eigenvalue weighted by Gasteiger charge is 2.48. The molecule has 2 aliphatic heterocycles. The summed E-state index contributed by atoms with van der Waals surface area (Å²) in [7, 11) is 0. The Morgan fingerprint density at radius 2 is 1.88 bits per heavy atom. The predicted octanol–water partition coefficient (Wildman–Crippen LogP) is 4.71. The zero-order valence-corrected chi connectivity index (χ0v) is 18.1. The molecule has 1 aliphatic carbocycles. The molecule has 2 amide bonds. The van der Waals surface area contributed by atoms with E-state index in [0.29, 0.717) is 54.1 Å². The molecule has 0 bridgehead atoms. The number of hydrogen-bond acceptors (Lipinski definition) is 4. The van der Waals surface area contributed by atoms with Gasteiger partial charge in [0.25, 0.3) is 0 Å². The van der Waals surface area contributed by atoms with Crippen LogP contribution >= 0.6 is 0 Å². The Hall–Kier alpha value is -3.50. The van der Waals surface area contributed by atoms with Crippen LogP contribution in [-0.4, -0.2) is 25.0 Å². The monoisotopic (exact) mass is 445 g/mol. The number of allylic oxidation sites excluding steroid dienone is 1. The predicted molar refractivity (Wildman–Crippen MR) is 120 cm³/mol. The Morgan fingerprint density at radius 1 is 1.12 bits per heavy atom. The number of anilines is 1. The van der Waals surface area contributed by atoms with Gasteiger partial charge < -0.3 is 10.1 Å². The molecule has 1 spiro atoms. The highest BCUT2D eigenvalue weighted by molar-refractivity contribution is 6.07. The lowest BCUT2D eigenvalue weighted by Gasteiger charge is -2.47. The van der Waals surface area contributed by atoms with Crippen LogP contribution in [0.3, 0.4) is 0 Å². The fourth-order valence-corrected chi connectivity index (χ4v) is 5.23. The van der Waals surface area contributed by atoms with Crippen molar-refractivity contribution >= 4 is 17.5 Å². The maximum Gasteiger partial charge on any atom is 0.327 e. The van der Waals surface area contributed by atoms with Crippen LogP contribution in [0, 0.1) is 16.7 Å². The lowest BCUT2D eigenvalue weighted by atomic mass is 9.66. The Balaban J connectivity index is 1.65. The summed E-state index contributed by atoms with van der Waals surface area (Å²) in [6.45, 7) is 0.556. The van der Waals surface area contributed by atoms with E-state index in [1.165, 1.54) is 0 Å². The normalized spacial score (nSPS) is 22.1. The van der Waals surface area contributed by atoms with Crippen LogP contribution in [0.4, 0.5) is 14.9 Å². The second kappa shape index (κ2) is 8.45. The topological polar surface area (TPSA) is 82.4 Å². The van der Waals surface area contributed by atoms with Gasteiger partial charge in [-0.05, 0) is 60.1 Å². The molecule has 0 aromatic heterocycles. The van der Waals surface area contributed by atoms with Gasteiger partial charge in [-0.2, -0.15) is 5.26 Å². The summed E-state index contributed by atoms with van der Waals surface area (Å²) in [4.78, 5) is 28.6. The highest BCUT2D eigenvalue weighted by Crippen LogP contribution is 2.50. The first-order valence-electron chi connectivity index (χ1n) is 11.1.